The summed E-state index contributed by atoms with van der Waals surface area (Å²) in [5, 5.41) is 9.01. The molecule has 0 atom stereocenters. The molecule has 1 aromatic carbocycles. The van der Waals surface area contributed by atoms with Crippen LogP contribution in [-0.2, 0) is 6.61 Å². The first-order valence-corrected chi connectivity index (χ1v) is 5.01. The summed E-state index contributed by atoms with van der Waals surface area (Å²) in [5.74, 6) is -0.344. The summed E-state index contributed by atoms with van der Waals surface area (Å²) in [4.78, 5) is 4.06. The van der Waals surface area contributed by atoms with Gasteiger partial charge < -0.3 is 5.11 Å². The van der Waals surface area contributed by atoms with Gasteiger partial charge in [-0.25, -0.2) is 4.39 Å². The molecule has 1 aromatic heterocycles. The molecular weight excluding hydrogens is 205 g/mol. The van der Waals surface area contributed by atoms with Crippen LogP contribution < -0.4 is 0 Å². The summed E-state index contributed by atoms with van der Waals surface area (Å²) in [5.41, 5.74) is 3.18. The normalized spacial score (nSPS) is 10.4. The SMILES string of the molecule is Cc1cncc(-c2cc(F)cc(CO)c2)c1. The Morgan fingerprint density at radius 2 is 1.94 bits per heavy atom. The van der Waals surface area contributed by atoms with Crippen LogP contribution in [0, 0.1) is 12.7 Å². The molecule has 16 heavy (non-hydrogen) atoms. The van der Waals surface area contributed by atoms with Crippen molar-refractivity contribution in [2.45, 2.75) is 13.5 Å². The Balaban J connectivity index is 2.51. The molecule has 0 saturated carbocycles. The molecule has 1 N–H and O–H groups in total. The zero-order valence-corrected chi connectivity index (χ0v) is 8.94. The van der Waals surface area contributed by atoms with Gasteiger partial charge in [0.2, 0.25) is 0 Å². The third kappa shape index (κ3) is 2.25. The highest BCUT2D eigenvalue weighted by Gasteiger charge is 2.03. The summed E-state index contributed by atoms with van der Waals surface area (Å²) in [6.07, 6.45) is 3.43. The molecule has 0 saturated heterocycles. The number of rotatable bonds is 2. The highest BCUT2D eigenvalue weighted by Crippen LogP contribution is 2.22. The predicted molar refractivity (Wildman–Crippen MR) is 60.3 cm³/mol. The standard InChI is InChI=1S/C13H12FNO/c1-9-2-12(7-15-6-9)11-3-10(8-16)4-13(14)5-11/h2-7,16H,8H2,1H3. The average Bonchev–Trinajstić information content (AvgIpc) is 2.28. The Bertz CT molecular complexity index is 511. The van der Waals surface area contributed by atoms with E-state index in [4.69, 9.17) is 5.11 Å². The van der Waals surface area contributed by atoms with Gasteiger partial charge in [0.05, 0.1) is 6.61 Å². The fourth-order valence-electron chi connectivity index (χ4n) is 1.62. The number of hydrogen-bond acceptors (Lipinski definition) is 2. The van der Waals surface area contributed by atoms with Gasteiger partial charge in [0, 0.05) is 18.0 Å². The lowest BCUT2D eigenvalue weighted by atomic mass is 10.0. The van der Waals surface area contributed by atoms with E-state index < -0.39 is 0 Å². The first-order chi connectivity index (χ1) is 7.69. The molecule has 0 aliphatic heterocycles. The van der Waals surface area contributed by atoms with Crippen LogP contribution in [0.25, 0.3) is 11.1 Å². The largest absolute Gasteiger partial charge is 0.392 e. The summed E-state index contributed by atoms with van der Waals surface area (Å²) in [7, 11) is 0. The van der Waals surface area contributed by atoms with Crippen LogP contribution in [0.15, 0.2) is 36.7 Å². The summed E-state index contributed by atoms with van der Waals surface area (Å²) in [6, 6.07) is 6.46. The zero-order chi connectivity index (χ0) is 11.5. The molecule has 1 heterocycles. The number of pyridine rings is 1. The molecule has 0 bridgehead atoms. The van der Waals surface area contributed by atoms with Crippen molar-refractivity contribution in [3.63, 3.8) is 0 Å². The molecule has 0 radical (unpaired) electrons. The summed E-state index contributed by atoms with van der Waals surface area (Å²) < 4.78 is 13.3. The van der Waals surface area contributed by atoms with Crippen LogP contribution in [0.1, 0.15) is 11.1 Å². The van der Waals surface area contributed by atoms with E-state index >= 15 is 0 Å². The first kappa shape index (κ1) is 10.8. The van der Waals surface area contributed by atoms with Gasteiger partial charge in [0.15, 0.2) is 0 Å². The van der Waals surface area contributed by atoms with E-state index in [1.807, 2.05) is 13.0 Å². The van der Waals surface area contributed by atoms with Gasteiger partial charge >= 0.3 is 0 Å². The molecule has 2 nitrogen and oxygen atoms in total. The van der Waals surface area contributed by atoms with E-state index in [2.05, 4.69) is 4.98 Å². The minimum absolute atomic E-state index is 0.163. The topological polar surface area (TPSA) is 33.1 Å². The van der Waals surface area contributed by atoms with Crippen molar-refractivity contribution in [2.75, 3.05) is 0 Å². The molecule has 3 heteroatoms. The predicted octanol–water partition coefficient (Wildman–Crippen LogP) is 2.69. The maximum Gasteiger partial charge on any atom is 0.124 e. The van der Waals surface area contributed by atoms with Crippen LogP contribution in [0.5, 0.6) is 0 Å². The number of aromatic nitrogens is 1. The lowest BCUT2D eigenvalue weighted by Gasteiger charge is -2.05. The van der Waals surface area contributed by atoms with Crippen molar-refractivity contribution in [3.8, 4) is 11.1 Å². The van der Waals surface area contributed by atoms with Crippen LogP contribution in [0.3, 0.4) is 0 Å². The molecule has 0 amide bonds. The second-order valence-corrected chi connectivity index (χ2v) is 3.76. The number of aliphatic hydroxyl groups excluding tert-OH is 1. The lowest BCUT2D eigenvalue weighted by molar-refractivity contribution is 0.281. The van der Waals surface area contributed by atoms with Crippen molar-refractivity contribution in [1.29, 1.82) is 0 Å². The van der Waals surface area contributed by atoms with Crippen LogP contribution in [0.4, 0.5) is 4.39 Å². The van der Waals surface area contributed by atoms with E-state index in [9.17, 15) is 4.39 Å². The van der Waals surface area contributed by atoms with Gasteiger partial charge in [-0.3, -0.25) is 4.98 Å². The molecule has 2 rings (SSSR count). The van der Waals surface area contributed by atoms with Gasteiger partial charge in [0.25, 0.3) is 0 Å². The van der Waals surface area contributed by atoms with E-state index in [1.165, 1.54) is 12.1 Å². The van der Waals surface area contributed by atoms with Gasteiger partial charge in [-0.1, -0.05) is 0 Å². The van der Waals surface area contributed by atoms with Crippen LogP contribution in [0.2, 0.25) is 0 Å². The zero-order valence-electron chi connectivity index (χ0n) is 8.94. The molecule has 0 aliphatic carbocycles. The Kier molecular flexibility index (Phi) is 2.97. The lowest BCUT2D eigenvalue weighted by Crippen LogP contribution is -1.89. The van der Waals surface area contributed by atoms with Crippen molar-refractivity contribution >= 4 is 0 Å². The highest BCUT2D eigenvalue weighted by molar-refractivity contribution is 5.63. The van der Waals surface area contributed by atoms with E-state index in [0.717, 1.165) is 16.7 Å². The Labute approximate surface area is 93.4 Å². The molecule has 82 valence electrons. The average molecular weight is 217 g/mol. The van der Waals surface area contributed by atoms with Gasteiger partial charge in [-0.05, 0) is 47.9 Å². The van der Waals surface area contributed by atoms with Crippen molar-refractivity contribution in [3.05, 3.63) is 53.6 Å². The van der Waals surface area contributed by atoms with E-state index in [1.54, 1.807) is 18.5 Å². The molecule has 0 unspecified atom stereocenters. The Hall–Kier alpha value is -1.74. The number of hydrogen-bond donors (Lipinski definition) is 1. The van der Waals surface area contributed by atoms with Gasteiger partial charge in [0.1, 0.15) is 5.82 Å². The Morgan fingerprint density at radius 1 is 1.12 bits per heavy atom. The van der Waals surface area contributed by atoms with Crippen molar-refractivity contribution < 1.29 is 9.50 Å². The second kappa shape index (κ2) is 4.41. The van der Waals surface area contributed by atoms with Crippen molar-refractivity contribution in [2.24, 2.45) is 0 Å². The first-order valence-electron chi connectivity index (χ1n) is 5.01. The number of halogens is 1. The monoisotopic (exact) mass is 217 g/mol. The fraction of sp³-hybridized carbons (Fsp3) is 0.154. The number of aryl methyl sites for hydroxylation is 1. The fourth-order valence-corrected chi connectivity index (χ4v) is 1.62. The van der Waals surface area contributed by atoms with E-state index in [0.29, 0.717) is 5.56 Å². The summed E-state index contributed by atoms with van der Waals surface area (Å²) >= 11 is 0. The van der Waals surface area contributed by atoms with Crippen LogP contribution >= 0.6 is 0 Å². The maximum absolute atomic E-state index is 13.3. The molecule has 2 aromatic rings. The minimum Gasteiger partial charge on any atom is -0.392 e. The number of nitrogens with zero attached hydrogens (tertiary/aromatic N) is 1. The summed E-state index contributed by atoms with van der Waals surface area (Å²) in [6.45, 7) is 1.77. The third-order valence-corrected chi connectivity index (χ3v) is 2.35. The molecular formula is C13H12FNO. The third-order valence-electron chi connectivity index (χ3n) is 2.35. The smallest absolute Gasteiger partial charge is 0.124 e. The van der Waals surface area contributed by atoms with Crippen molar-refractivity contribution in [1.82, 2.24) is 4.98 Å². The Morgan fingerprint density at radius 3 is 2.62 bits per heavy atom. The van der Waals surface area contributed by atoms with Gasteiger partial charge in [-0.2, -0.15) is 0 Å². The van der Waals surface area contributed by atoms with Crippen LogP contribution in [-0.4, -0.2) is 10.1 Å². The quantitative estimate of drug-likeness (QED) is 0.839. The van der Waals surface area contributed by atoms with Gasteiger partial charge in [-0.15, -0.1) is 0 Å². The number of benzene rings is 1. The highest BCUT2D eigenvalue weighted by atomic mass is 19.1. The minimum atomic E-state index is -0.344. The maximum atomic E-state index is 13.3. The molecule has 0 fully saturated rings. The second-order valence-electron chi connectivity index (χ2n) is 3.76. The number of aliphatic hydroxyl groups is 1. The molecule has 0 aliphatic rings. The van der Waals surface area contributed by atoms with E-state index in [-0.39, 0.29) is 12.4 Å². The molecule has 0 spiro atoms.